The smallest absolute Gasteiger partial charge is 0.224 e. The van der Waals surface area contributed by atoms with Gasteiger partial charge in [0.1, 0.15) is 5.76 Å². The minimum Gasteiger partial charge on any atom is -0.493 e. The van der Waals surface area contributed by atoms with Crippen LogP contribution in [0.5, 0.6) is 11.5 Å². The number of rotatable bonds is 12. The number of carbonyl (C=O) groups is 2. The molecule has 0 bridgehead atoms. The summed E-state index contributed by atoms with van der Waals surface area (Å²) < 4.78 is 17.5. The largest absolute Gasteiger partial charge is 0.493 e. The molecule has 0 aliphatic heterocycles. The van der Waals surface area contributed by atoms with Crippen LogP contribution in [0.25, 0.3) is 0 Å². The molecule has 2 aromatic heterocycles. The first kappa shape index (κ1) is 22.9. The summed E-state index contributed by atoms with van der Waals surface area (Å²) in [5.74, 6) is 1.81. The topological polar surface area (TPSA) is 108 Å². The first-order valence-electron chi connectivity index (χ1n) is 10.4. The van der Waals surface area contributed by atoms with Gasteiger partial charge in [-0.15, -0.1) is 0 Å². The normalized spacial score (nSPS) is 10.6. The summed E-state index contributed by atoms with van der Waals surface area (Å²) in [5.41, 5.74) is 1.72. The van der Waals surface area contributed by atoms with Crippen molar-refractivity contribution in [3.8, 4) is 11.5 Å². The molecule has 32 heavy (non-hydrogen) atoms. The van der Waals surface area contributed by atoms with Gasteiger partial charge >= 0.3 is 0 Å². The molecule has 2 amide bonds. The Morgan fingerprint density at radius 1 is 1.09 bits per heavy atom. The predicted molar refractivity (Wildman–Crippen MR) is 119 cm³/mol. The Kier molecular flexibility index (Phi) is 8.30. The lowest BCUT2D eigenvalue weighted by Crippen LogP contribution is -2.22. The highest BCUT2D eigenvalue weighted by molar-refractivity contribution is 5.90. The van der Waals surface area contributed by atoms with Gasteiger partial charge in [-0.2, -0.15) is 5.10 Å². The summed E-state index contributed by atoms with van der Waals surface area (Å²) in [4.78, 5) is 24.0. The van der Waals surface area contributed by atoms with E-state index < -0.39 is 0 Å². The number of carbonyl (C=O) groups excluding carboxylic acids is 2. The molecule has 9 nitrogen and oxygen atoms in total. The monoisotopic (exact) mass is 440 g/mol. The molecule has 0 aliphatic carbocycles. The summed E-state index contributed by atoms with van der Waals surface area (Å²) in [6.07, 6.45) is 6.71. The number of anilines is 1. The van der Waals surface area contributed by atoms with Crippen molar-refractivity contribution in [2.75, 3.05) is 19.5 Å². The fraction of sp³-hybridized carbons (Fsp3) is 0.348. The van der Waals surface area contributed by atoms with Gasteiger partial charge in [0, 0.05) is 25.6 Å². The Bertz CT molecular complexity index is 1010. The van der Waals surface area contributed by atoms with E-state index in [1.807, 2.05) is 18.2 Å². The van der Waals surface area contributed by atoms with Gasteiger partial charge < -0.3 is 24.5 Å². The van der Waals surface area contributed by atoms with Gasteiger partial charge in [0.25, 0.3) is 0 Å². The van der Waals surface area contributed by atoms with E-state index in [9.17, 15) is 9.59 Å². The highest BCUT2D eigenvalue weighted by Gasteiger charge is 2.09. The number of nitrogens with zero attached hydrogens (tertiary/aromatic N) is 2. The fourth-order valence-corrected chi connectivity index (χ4v) is 3.15. The zero-order chi connectivity index (χ0) is 22.8. The molecule has 0 radical (unpaired) electrons. The van der Waals surface area contributed by atoms with Crippen molar-refractivity contribution >= 4 is 17.5 Å². The molecule has 0 fully saturated rings. The van der Waals surface area contributed by atoms with E-state index in [1.165, 1.54) is 0 Å². The average Bonchev–Trinajstić information content (AvgIpc) is 3.48. The maximum Gasteiger partial charge on any atom is 0.224 e. The standard InChI is InChI=1S/C23H28N4O5/c1-30-20-9-8-17(13-21(20)31-2)10-11-27-16-18(14-25-27)26-23(29)7-3-6-22(28)24-15-19-5-4-12-32-19/h4-5,8-9,12-14,16H,3,6-7,10-11,15H2,1-2H3,(H,24,28)(H,26,29). The van der Waals surface area contributed by atoms with Crippen LogP contribution in [0.15, 0.2) is 53.4 Å². The van der Waals surface area contributed by atoms with Gasteiger partial charge in [-0.05, 0) is 42.7 Å². The zero-order valence-corrected chi connectivity index (χ0v) is 18.3. The maximum absolute atomic E-state index is 12.1. The third-order valence-corrected chi connectivity index (χ3v) is 4.84. The molecule has 9 heteroatoms. The van der Waals surface area contributed by atoms with E-state index in [-0.39, 0.29) is 24.7 Å². The van der Waals surface area contributed by atoms with E-state index >= 15 is 0 Å². The van der Waals surface area contributed by atoms with Crippen molar-refractivity contribution in [1.29, 1.82) is 0 Å². The van der Waals surface area contributed by atoms with Gasteiger partial charge in [0.05, 0.1) is 38.9 Å². The minimum atomic E-state index is -0.150. The third kappa shape index (κ3) is 6.90. The minimum absolute atomic E-state index is 0.114. The Morgan fingerprint density at radius 2 is 1.91 bits per heavy atom. The van der Waals surface area contributed by atoms with E-state index in [1.54, 1.807) is 49.7 Å². The van der Waals surface area contributed by atoms with Gasteiger partial charge in [0.15, 0.2) is 11.5 Å². The number of aromatic nitrogens is 2. The third-order valence-electron chi connectivity index (χ3n) is 4.84. The van der Waals surface area contributed by atoms with Crippen LogP contribution in [0.1, 0.15) is 30.6 Å². The molecule has 170 valence electrons. The van der Waals surface area contributed by atoms with Crippen molar-refractivity contribution in [3.63, 3.8) is 0 Å². The van der Waals surface area contributed by atoms with Crippen molar-refractivity contribution in [2.24, 2.45) is 0 Å². The van der Waals surface area contributed by atoms with Crippen LogP contribution < -0.4 is 20.1 Å². The van der Waals surface area contributed by atoms with E-state index in [0.29, 0.717) is 42.5 Å². The van der Waals surface area contributed by atoms with E-state index in [0.717, 1.165) is 12.0 Å². The second-order valence-electron chi connectivity index (χ2n) is 7.19. The fourth-order valence-electron chi connectivity index (χ4n) is 3.15. The molecule has 0 aliphatic rings. The molecule has 3 aromatic rings. The van der Waals surface area contributed by atoms with Crippen LogP contribution in [-0.4, -0.2) is 35.8 Å². The molecular formula is C23H28N4O5. The summed E-state index contributed by atoms with van der Waals surface area (Å²) >= 11 is 0. The van der Waals surface area contributed by atoms with Gasteiger partial charge in [-0.3, -0.25) is 14.3 Å². The summed E-state index contributed by atoms with van der Waals surface area (Å²) in [7, 11) is 3.21. The molecular weight excluding hydrogens is 412 g/mol. The first-order valence-corrected chi connectivity index (χ1v) is 10.4. The Labute approximate surface area is 186 Å². The molecule has 0 saturated heterocycles. The number of ether oxygens (including phenoxy) is 2. The number of hydrogen-bond donors (Lipinski definition) is 2. The molecule has 3 rings (SSSR count). The molecule has 0 spiro atoms. The summed E-state index contributed by atoms with van der Waals surface area (Å²) in [5, 5.41) is 9.87. The van der Waals surface area contributed by atoms with Crippen molar-refractivity contribution in [1.82, 2.24) is 15.1 Å². The van der Waals surface area contributed by atoms with Crippen LogP contribution in [0.2, 0.25) is 0 Å². The number of hydrogen-bond acceptors (Lipinski definition) is 6. The maximum atomic E-state index is 12.1. The highest BCUT2D eigenvalue weighted by Crippen LogP contribution is 2.27. The summed E-state index contributed by atoms with van der Waals surface area (Å²) in [6, 6.07) is 9.36. The van der Waals surface area contributed by atoms with E-state index in [4.69, 9.17) is 13.9 Å². The number of nitrogens with one attached hydrogen (secondary N) is 2. The van der Waals surface area contributed by atoms with Crippen LogP contribution >= 0.6 is 0 Å². The lowest BCUT2D eigenvalue weighted by Gasteiger charge is -2.09. The van der Waals surface area contributed by atoms with Crippen molar-refractivity contribution < 1.29 is 23.5 Å². The average molecular weight is 441 g/mol. The molecule has 1 aromatic carbocycles. The number of benzene rings is 1. The van der Waals surface area contributed by atoms with Crippen LogP contribution in [0.3, 0.4) is 0 Å². The number of methoxy groups -OCH3 is 2. The van der Waals surface area contributed by atoms with E-state index in [2.05, 4.69) is 15.7 Å². The van der Waals surface area contributed by atoms with Gasteiger partial charge in [-0.1, -0.05) is 6.07 Å². The number of amides is 2. The molecule has 0 saturated carbocycles. The lowest BCUT2D eigenvalue weighted by atomic mass is 10.1. The Hall–Kier alpha value is -3.75. The first-order chi connectivity index (χ1) is 15.6. The lowest BCUT2D eigenvalue weighted by molar-refractivity contribution is -0.121. The SMILES string of the molecule is COc1ccc(CCn2cc(NC(=O)CCCC(=O)NCc3ccco3)cn2)cc1OC. The number of aryl methyl sites for hydroxylation is 2. The van der Waals surface area contributed by atoms with Crippen LogP contribution in [0.4, 0.5) is 5.69 Å². The van der Waals surface area contributed by atoms with Gasteiger partial charge in [-0.25, -0.2) is 0 Å². The zero-order valence-electron chi connectivity index (χ0n) is 18.3. The van der Waals surface area contributed by atoms with Crippen LogP contribution in [-0.2, 0) is 29.1 Å². The van der Waals surface area contributed by atoms with Crippen molar-refractivity contribution in [3.05, 3.63) is 60.3 Å². The molecule has 0 unspecified atom stereocenters. The molecule has 2 N–H and O–H groups in total. The Morgan fingerprint density at radius 3 is 2.66 bits per heavy atom. The molecule has 2 heterocycles. The second kappa shape index (κ2) is 11.6. The number of furan rings is 1. The summed E-state index contributed by atoms with van der Waals surface area (Å²) in [6.45, 7) is 1.00. The predicted octanol–water partition coefficient (Wildman–Crippen LogP) is 3.16. The second-order valence-corrected chi connectivity index (χ2v) is 7.19. The highest BCUT2D eigenvalue weighted by atomic mass is 16.5. The van der Waals surface area contributed by atoms with Crippen molar-refractivity contribution in [2.45, 2.75) is 38.8 Å². The Balaban J connectivity index is 1.37. The van der Waals surface area contributed by atoms with Gasteiger partial charge in [0.2, 0.25) is 11.8 Å². The molecule has 0 atom stereocenters. The van der Waals surface area contributed by atoms with Crippen LogP contribution in [0, 0.1) is 0 Å². The quantitative estimate of drug-likeness (QED) is 0.448.